The molecule has 0 unspecified atom stereocenters. The van der Waals surface area contributed by atoms with Crippen molar-refractivity contribution in [3.8, 4) is 0 Å². The Bertz CT molecular complexity index is 994. The predicted molar refractivity (Wildman–Crippen MR) is 92.4 cm³/mol. The first-order chi connectivity index (χ1) is 11.5. The summed E-state index contributed by atoms with van der Waals surface area (Å²) in [5.41, 5.74) is 0.872. The van der Waals surface area contributed by atoms with E-state index in [1.807, 2.05) is 0 Å². The maximum atomic E-state index is 12.6. The van der Waals surface area contributed by atoms with Crippen LogP contribution < -0.4 is 0 Å². The van der Waals surface area contributed by atoms with Crippen LogP contribution in [-0.2, 0) is 29.2 Å². The number of hydrogen-bond acceptors (Lipinski definition) is 8. The van der Waals surface area contributed by atoms with Crippen molar-refractivity contribution in [1.29, 1.82) is 0 Å². The van der Waals surface area contributed by atoms with E-state index in [1.54, 1.807) is 19.1 Å². The Hall–Kier alpha value is -1.49. The fourth-order valence-corrected chi connectivity index (χ4v) is 6.33. The number of benzene rings is 1. The molecule has 2 rings (SSSR count). The smallest absolute Gasteiger partial charge is 0.302 e. The van der Waals surface area contributed by atoms with Crippen LogP contribution in [0.2, 0.25) is 4.34 Å². The summed E-state index contributed by atoms with van der Waals surface area (Å²) >= 11 is 6.48. The zero-order chi connectivity index (χ0) is 18.8. The summed E-state index contributed by atoms with van der Waals surface area (Å²) in [5, 5.41) is -0.505. The Morgan fingerprint density at radius 2 is 1.80 bits per heavy atom. The van der Waals surface area contributed by atoms with Crippen LogP contribution in [0.5, 0.6) is 0 Å². The van der Waals surface area contributed by atoms with E-state index < -0.39 is 40.8 Å². The zero-order valence-electron chi connectivity index (χ0n) is 13.2. The molecule has 0 aliphatic carbocycles. The molecule has 0 saturated heterocycles. The highest BCUT2D eigenvalue weighted by Gasteiger charge is 2.29. The van der Waals surface area contributed by atoms with E-state index in [-0.39, 0.29) is 15.8 Å². The number of esters is 1. The Morgan fingerprint density at radius 1 is 1.20 bits per heavy atom. The third kappa shape index (κ3) is 4.57. The van der Waals surface area contributed by atoms with Gasteiger partial charge in [0.05, 0.1) is 10.6 Å². The van der Waals surface area contributed by atoms with Gasteiger partial charge < -0.3 is 4.74 Å². The highest BCUT2D eigenvalue weighted by atomic mass is 35.5. The molecule has 0 amide bonds. The van der Waals surface area contributed by atoms with Gasteiger partial charge in [-0.25, -0.2) is 21.8 Å². The molecule has 1 heterocycles. The summed E-state index contributed by atoms with van der Waals surface area (Å²) in [5.74, 6) is -1.13. The lowest BCUT2D eigenvalue weighted by molar-refractivity contribution is -0.140. The molecule has 1 aromatic carbocycles. The van der Waals surface area contributed by atoms with Crippen LogP contribution in [0.1, 0.15) is 12.5 Å². The molecule has 0 N–H and O–H groups in total. The second-order valence-corrected chi connectivity index (χ2v) is 10.8. The van der Waals surface area contributed by atoms with Crippen LogP contribution in [0.4, 0.5) is 0 Å². The molecule has 2 aromatic rings. The molecule has 0 aliphatic heterocycles. The second kappa shape index (κ2) is 7.40. The van der Waals surface area contributed by atoms with Crippen molar-refractivity contribution >= 4 is 48.6 Å². The van der Waals surface area contributed by atoms with E-state index in [1.165, 1.54) is 12.1 Å². The Morgan fingerprint density at radius 3 is 2.36 bits per heavy atom. The fourth-order valence-electron chi connectivity index (χ4n) is 1.78. The Balaban J connectivity index is 2.36. The van der Waals surface area contributed by atoms with Gasteiger partial charge in [0.2, 0.25) is 24.0 Å². The van der Waals surface area contributed by atoms with Gasteiger partial charge in [0.1, 0.15) is 10.9 Å². The van der Waals surface area contributed by atoms with Gasteiger partial charge in [-0.05, 0) is 19.1 Å². The van der Waals surface area contributed by atoms with Crippen molar-refractivity contribution in [2.75, 3.05) is 12.4 Å². The number of sulfone groups is 2. The van der Waals surface area contributed by atoms with Gasteiger partial charge in [-0.15, -0.1) is 0 Å². The van der Waals surface area contributed by atoms with Crippen molar-refractivity contribution in [1.82, 2.24) is 4.98 Å². The fraction of sp³-hybridized carbons (Fsp3) is 0.286. The summed E-state index contributed by atoms with van der Waals surface area (Å²) in [4.78, 5) is 14.4. The van der Waals surface area contributed by atoms with Gasteiger partial charge in [0, 0.05) is 6.92 Å². The minimum atomic E-state index is -4.04. The molecule has 0 bridgehead atoms. The first-order valence-electron chi connectivity index (χ1n) is 6.88. The zero-order valence-corrected chi connectivity index (χ0v) is 16.4. The maximum absolute atomic E-state index is 12.6. The van der Waals surface area contributed by atoms with Crippen LogP contribution in [0.15, 0.2) is 38.5 Å². The molecule has 0 spiro atoms. The number of rotatable bonds is 6. The number of aromatic nitrogens is 1. The van der Waals surface area contributed by atoms with Crippen LogP contribution in [-0.4, -0.2) is 40.1 Å². The molecule has 25 heavy (non-hydrogen) atoms. The number of hydrogen-bond donors (Lipinski definition) is 0. The van der Waals surface area contributed by atoms with E-state index in [2.05, 4.69) is 9.72 Å². The summed E-state index contributed by atoms with van der Waals surface area (Å²) in [6.45, 7) is 2.61. The molecular formula is C14H14ClNO6S3. The van der Waals surface area contributed by atoms with Crippen LogP contribution in [0.25, 0.3) is 0 Å². The Kier molecular flexibility index (Phi) is 5.87. The van der Waals surface area contributed by atoms with Gasteiger partial charge in [0.25, 0.3) is 0 Å². The van der Waals surface area contributed by atoms with E-state index in [0.29, 0.717) is 11.3 Å². The molecule has 136 valence electrons. The summed E-state index contributed by atoms with van der Waals surface area (Å²) in [6, 6.07) is 6.03. The van der Waals surface area contributed by atoms with Gasteiger partial charge in [-0.1, -0.05) is 40.6 Å². The summed E-state index contributed by atoms with van der Waals surface area (Å²) in [7, 11) is -7.97. The second-order valence-electron chi connectivity index (χ2n) is 5.03. The topological polar surface area (TPSA) is 107 Å². The SMILES string of the molecule is CC(=O)OCCS(=O)(=O)c1nc(S(=O)(=O)c2ccc(C)cc2)c(Cl)s1. The number of nitrogens with zero attached hydrogens (tertiary/aromatic N) is 1. The number of thiazole rings is 1. The van der Waals surface area contributed by atoms with Crippen LogP contribution >= 0.6 is 22.9 Å². The average molecular weight is 424 g/mol. The standard InChI is InChI=1S/C14H14ClNO6S3/c1-9-3-5-11(6-4-9)25(20,21)13-12(15)23-14(16-13)24(18,19)8-7-22-10(2)17/h3-6H,7-8H2,1-2H3. The Labute approximate surface area is 154 Å². The van der Waals surface area contributed by atoms with E-state index in [9.17, 15) is 21.6 Å². The maximum Gasteiger partial charge on any atom is 0.302 e. The van der Waals surface area contributed by atoms with Crippen molar-refractivity contribution in [3.05, 3.63) is 34.2 Å². The largest absolute Gasteiger partial charge is 0.465 e. The molecule has 7 nitrogen and oxygen atoms in total. The molecule has 0 saturated carbocycles. The first kappa shape index (κ1) is 19.8. The van der Waals surface area contributed by atoms with Crippen LogP contribution in [0, 0.1) is 6.92 Å². The number of carbonyl (C=O) groups excluding carboxylic acids is 1. The highest BCUT2D eigenvalue weighted by molar-refractivity contribution is 7.94. The van der Waals surface area contributed by atoms with Gasteiger partial charge in [-0.2, -0.15) is 0 Å². The highest BCUT2D eigenvalue weighted by Crippen LogP contribution is 2.34. The van der Waals surface area contributed by atoms with E-state index in [0.717, 1.165) is 12.5 Å². The molecule has 0 fully saturated rings. The minimum absolute atomic E-state index is 0.0332. The number of carbonyl (C=O) groups is 1. The lowest BCUT2D eigenvalue weighted by Gasteiger charge is -2.03. The molecule has 11 heteroatoms. The molecule has 0 radical (unpaired) electrons. The minimum Gasteiger partial charge on any atom is -0.465 e. The van der Waals surface area contributed by atoms with Crippen LogP contribution in [0.3, 0.4) is 0 Å². The van der Waals surface area contributed by atoms with Crippen molar-refractivity contribution in [3.63, 3.8) is 0 Å². The van der Waals surface area contributed by atoms with Gasteiger partial charge in [-0.3, -0.25) is 4.79 Å². The number of halogens is 1. The monoisotopic (exact) mass is 423 g/mol. The normalized spacial score (nSPS) is 12.1. The van der Waals surface area contributed by atoms with Gasteiger partial charge in [0.15, 0.2) is 5.03 Å². The lowest BCUT2D eigenvalue weighted by Crippen LogP contribution is -2.14. The van der Waals surface area contributed by atoms with Crippen molar-refractivity contribution < 1.29 is 26.4 Å². The quantitative estimate of drug-likeness (QED) is 0.655. The molecule has 0 atom stereocenters. The first-order valence-corrected chi connectivity index (χ1v) is 11.2. The third-order valence-corrected chi connectivity index (χ3v) is 8.37. The predicted octanol–water partition coefficient (Wildman–Crippen LogP) is 2.27. The van der Waals surface area contributed by atoms with E-state index >= 15 is 0 Å². The average Bonchev–Trinajstić information content (AvgIpc) is 2.90. The number of ether oxygens (including phenoxy) is 1. The van der Waals surface area contributed by atoms with Crippen molar-refractivity contribution in [2.24, 2.45) is 0 Å². The molecule has 0 aliphatic rings. The lowest BCUT2D eigenvalue weighted by atomic mass is 10.2. The summed E-state index contributed by atoms with van der Waals surface area (Å²) in [6.07, 6.45) is 0. The van der Waals surface area contributed by atoms with Gasteiger partial charge >= 0.3 is 5.97 Å². The molecule has 1 aromatic heterocycles. The van der Waals surface area contributed by atoms with E-state index in [4.69, 9.17) is 11.6 Å². The third-order valence-electron chi connectivity index (χ3n) is 3.05. The molecular weight excluding hydrogens is 410 g/mol. The van der Waals surface area contributed by atoms with Crippen molar-refractivity contribution in [2.45, 2.75) is 28.1 Å². The number of aryl methyl sites for hydroxylation is 1. The summed E-state index contributed by atoms with van der Waals surface area (Å²) < 4.78 is 53.5.